The van der Waals surface area contributed by atoms with Gasteiger partial charge in [-0.1, -0.05) is 11.2 Å². The van der Waals surface area contributed by atoms with Gasteiger partial charge in [0.15, 0.2) is 0 Å². The summed E-state index contributed by atoms with van der Waals surface area (Å²) in [6, 6.07) is 5.80. The van der Waals surface area contributed by atoms with Gasteiger partial charge in [0.05, 0.1) is 5.69 Å². The second-order valence-electron chi connectivity index (χ2n) is 7.28. The van der Waals surface area contributed by atoms with Crippen LogP contribution in [0.5, 0.6) is 0 Å². The number of likely N-dealkylation sites (tertiary alicyclic amines) is 1. The molecule has 1 saturated heterocycles. The van der Waals surface area contributed by atoms with Crippen LogP contribution in [-0.4, -0.2) is 45.5 Å². The van der Waals surface area contributed by atoms with Gasteiger partial charge in [0, 0.05) is 29.8 Å². The largest absolute Gasteiger partial charge is 0.480 e. The number of nitrogens with one attached hydrogen (secondary N) is 1. The van der Waals surface area contributed by atoms with Crippen LogP contribution in [0.4, 0.5) is 5.69 Å². The standard InChI is InChI=1S/C21H25N3O5/c1-13-17(14(2)29-23-13)9-10-19(25)22-16-7-5-6-15(12-16)20(26)24-11-4-3-8-18(24)21(27)28/h5-7,12,18H,3-4,8-11H2,1-2H3,(H,22,25)(H,27,28). The molecule has 1 aliphatic heterocycles. The zero-order valence-electron chi connectivity index (χ0n) is 16.6. The number of carbonyl (C=O) groups excluding carboxylic acids is 2. The molecule has 3 rings (SSSR count). The average Bonchev–Trinajstić information content (AvgIpc) is 3.03. The van der Waals surface area contributed by atoms with Gasteiger partial charge in [0.2, 0.25) is 5.91 Å². The van der Waals surface area contributed by atoms with Crippen molar-refractivity contribution in [2.75, 3.05) is 11.9 Å². The van der Waals surface area contributed by atoms with Gasteiger partial charge >= 0.3 is 5.97 Å². The Morgan fingerprint density at radius 2 is 2.07 bits per heavy atom. The Bertz CT molecular complexity index is 901. The molecule has 0 aliphatic carbocycles. The Morgan fingerprint density at radius 3 is 2.76 bits per heavy atom. The van der Waals surface area contributed by atoms with Gasteiger partial charge in [-0.3, -0.25) is 9.59 Å². The second kappa shape index (κ2) is 8.89. The minimum atomic E-state index is -0.984. The highest BCUT2D eigenvalue weighted by molar-refractivity contribution is 5.99. The van der Waals surface area contributed by atoms with E-state index >= 15 is 0 Å². The molecule has 0 saturated carbocycles. The van der Waals surface area contributed by atoms with Crippen LogP contribution in [0.1, 0.15) is 53.1 Å². The van der Waals surface area contributed by atoms with Crippen molar-refractivity contribution >= 4 is 23.5 Å². The zero-order chi connectivity index (χ0) is 21.0. The summed E-state index contributed by atoms with van der Waals surface area (Å²) in [7, 11) is 0. The van der Waals surface area contributed by atoms with E-state index in [-0.39, 0.29) is 18.2 Å². The fraction of sp³-hybridized carbons (Fsp3) is 0.429. The summed E-state index contributed by atoms with van der Waals surface area (Å²) in [6.07, 6.45) is 2.81. The summed E-state index contributed by atoms with van der Waals surface area (Å²) in [4.78, 5) is 38.0. The number of carboxylic acids is 1. The molecular weight excluding hydrogens is 374 g/mol. The number of carboxylic acid groups (broad SMARTS) is 1. The van der Waals surface area contributed by atoms with Crippen LogP contribution in [-0.2, 0) is 16.0 Å². The molecule has 2 aromatic rings. The Hall–Kier alpha value is -3.16. The van der Waals surface area contributed by atoms with Crippen LogP contribution in [0, 0.1) is 13.8 Å². The van der Waals surface area contributed by atoms with Gasteiger partial charge in [-0.2, -0.15) is 0 Å². The molecule has 1 atom stereocenters. The molecule has 1 aliphatic rings. The maximum atomic E-state index is 12.8. The van der Waals surface area contributed by atoms with Gasteiger partial charge in [0.25, 0.3) is 5.91 Å². The van der Waals surface area contributed by atoms with Crippen molar-refractivity contribution in [3.8, 4) is 0 Å². The Kier molecular flexibility index (Phi) is 6.31. The number of anilines is 1. The minimum Gasteiger partial charge on any atom is -0.480 e. The normalized spacial score (nSPS) is 16.5. The Balaban J connectivity index is 1.65. The second-order valence-corrected chi connectivity index (χ2v) is 7.28. The Labute approximate surface area is 168 Å². The van der Waals surface area contributed by atoms with Crippen molar-refractivity contribution in [1.29, 1.82) is 0 Å². The van der Waals surface area contributed by atoms with Crippen LogP contribution < -0.4 is 5.32 Å². The van der Waals surface area contributed by atoms with Crippen LogP contribution in [0.3, 0.4) is 0 Å². The first-order valence-corrected chi connectivity index (χ1v) is 9.72. The molecule has 0 spiro atoms. The fourth-order valence-corrected chi connectivity index (χ4v) is 3.65. The molecule has 8 heteroatoms. The number of aromatic nitrogens is 1. The Morgan fingerprint density at radius 1 is 1.28 bits per heavy atom. The third-order valence-electron chi connectivity index (χ3n) is 5.23. The van der Waals surface area contributed by atoms with Crippen molar-refractivity contribution in [1.82, 2.24) is 10.1 Å². The van der Waals surface area contributed by atoms with Crippen molar-refractivity contribution in [3.05, 3.63) is 46.8 Å². The molecule has 1 fully saturated rings. The smallest absolute Gasteiger partial charge is 0.326 e. The first kappa shape index (κ1) is 20.6. The van der Waals surface area contributed by atoms with Crippen molar-refractivity contribution in [2.24, 2.45) is 0 Å². The highest BCUT2D eigenvalue weighted by Crippen LogP contribution is 2.22. The average molecular weight is 399 g/mol. The van der Waals surface area contributed by atoms with Crippen molar-refractivity contribution < 1.29 is 24.0 Å². The van der Waals surface area contributed by atoms with Gasteiger partial charge in [-0.25, -0.2) is 4.79 Å². The minimum absolute atomic E-state index is 0.184. The lowest BCUT2D eigenvalue weighted by Crippen LogP contribution is -2.48. The number of amides is 2. The lowest BCUT2D eigenvalue weighted by molar-refractivity contribution is -0.143. The van der Waals surface area contributed by atoms with E-state index in [1.54, 1.807) is 24.3 Å². The van der Waals surface area contributed by atoms with Crippen molar-refractivity contribution in [3.63, 3.8) is 0 Å². The molecule has 2 N–H and O–H groups in total. The first-order chi connectivity index (χ1) is 13.9. The summed E-state index contributed by atoms with van der Waals surface area (Å²) in [5.41, 5.74) is 2.57. The molecular formula is C21H25N3O5. The first-order valence-electron chi connectivity index (χ1n) is 9.72. The van der Waals surface area contributed by atoms with E-state index in [2.05, 4.69) is 10.5 Å². The maximum Gasteiger partial charge on any atom is 0.326 e. The molecule has 2 amide bonds. The molecule has 1 aromatic heterocycles. The predicted molar refractivity (Wildman–Crippen MR) is 106 cm³/mol. The lowest BCUT2D eigenvalue weighted by atomic mass is 10.0. The monoisotopic (exact) mass is 399 g/mol. The van der Waals surface area contributed by atoms with Gasteiger partial charge in [-0.15, -0.1) is 0 Å². The SMILES string of the molecule is Cc1noc(C)c1CCC(=O)Nc1cccc(C(=O)N2CCCCC2C(=O)O)c1. The zero-order valence-corrected chi connectivity index (χ0v) is 16.6. The third-order valence-corrected chi connectivity index (χ3v) is 5.23. The van der Waals surface area contributed by atoms with Crippen LogP contribution >= 0.6 is 0 Å². The molecule has 0 radical (unpaired) electrons. The summed E-state index contributed by atoms with van der Waals surface area (Å²) < 4.78 is 5.11. The van der Waals surface area contributed by atoms with Gasteiger partial charge in [-0.05, 0) is 57.7 Å². The molecule has 154 valence electrons. The topological polar surface area (TPSA) is 113 Å². The molecule has 1 aromatic carbocycles. The quantitative estimate of drug-likeness (QED) is 0.772. The van der Waals surface area contributed by atoms with E-state index in [1.165, 1.54) is 4.90 Å². The number of rotatable bonds is 6. The third kappa shape index (κ3) is 4.82. The number of hydrogen-bond acceptors (Lipinski definition) is 5. The van der Waals surface area contributed by atoms with E-state index in [4.69, 9.17) is 4.52 Å². The molecule has 29 heavy (non-hydrogen) atoms. The van der Waals surface area contributed by atoms with E-state index in [9.17, 15) is 19.5 Å². The van der Waals surface area contributed by atoms with Gasteiger partial charge < -0.3 is 19.8 Å². The fourth-order valence-electron chi connectivity index (χ4n) is 3.65. The maximum absolute atomic E-state index is 12.8. The van der Waals surface area contributed by atoms with E-state index in [0.717, 1.165) is 24.1 Å². The number of benzene rings is 1. The molecule has 8 nitrogen and oxygen atoms in total. The number of aliphatic carboxylic acids is 1. The number of nitrogens with zero attached hydrogens (tertiary/aromatic N) is 2. The van der Waals surface area contributed by atoms with Crippen LogP contribution in [0.2, 0.25) is 0 Å². The number of hydrogen-bond donors (Lipinski definition) is 2. The highest BCUT2D eigenvalue weighted by atomic mass is 16.5. The highest BCUT2D eigenvalue weighted by Gasteiger charge is 2.32. The van der Waals surface area contributed by atoms with E-state index in [0.29, 0.717) is 36.4 Å². The lowest BCUT2D eigenvalue weighted by Gasteiger charge is -2.33. The summed E-state index contributed by atoms with van der Waals surface area (Å²) in [6.45, 7) is 4.07. The number of carbonyl (C=O) groups is 3. The molecule has 0 bridgehead atoms. The predicted octanol–water partition coefficient (Wildman–Crippen LogP) is 2.94. The summed E-state index contributed by atoms with van der Waals surface area (Å²) >= 11 is 0. The molecule has 2 heterocycles. The van der Waals surface area contributed by atoms with Crippen molar-refractivity contribution in [2.45, 2.75) is 52.0 Å². The summed E-state index contributed by atoms with van der Waals surface area (Å²) in [5, 5.41) is 16.1. The van der Waals surface area contributed by atoms with E-state index in [1.807, 2.05) is 13.8 Å². The summed E-state index contributed by atoms with van der Waals surface area (Å²) in [5.74, 6) is -0.792. The number of aryl methyl sites for hydroxylation is 2. The van der Waals surface area contributed by atoms with E-state index < -0.39 is 12.0 Å². The van der Waals surface area contributed by atoms with Crippen LogP contribution in [0.25, 0.3) is 0 Å². The van der Waals surface area contributed by atoms with Gasteiger partial charge in [0.1, 0.15) is 11.8 Å². The number of piperidine rings is 1. The molecule has 1 unspecified atom stereocenters. The van der Waals surface area contributed by atoms with Crippen LogP contribution in [0.15, 0.2) is 28.8 Å².